The van der Waals surface area contributed by atoms with Crippen LogP contribution in [0.25, 0.3) is 0 Å². The minimum atomic E-state index is -0.0975. The van der Waals surface area contributed by atoms with Crippen molar-refractivity contribution in [2.24, 2.45) is 5.92 Å². The quantitative estimate of drug-likeness (QED) is 0.734. The van der Waals surface area contributed by atoms with Crippen LogP contribution >= 0.6 is 15.9 Å². The third-order valence-electron chi connectivity index (χ3n) is 2.86. The van der Waals surface area contributed by atoms with E-state index in [-0.39, 0.29) is 17.4 Å². The van der Waals surface area contributed by atoms with Crippen molar-refractivity contribution in [3.8, 4) is 0 Å². The maximum absolute atomic E-state index is 11.8. The van der Waals surface area contributed by atoms with Gasteiger partial charge in [-0.05, 0) is 26.2 Å². The average molecular weight is 264 g/mol. The Morgan fingerprint density at radius 2 is 1.86 bits per heavy atom. The van der Waals surface area contributed by atoms with E-state index in [1.807, 2.05) is 0 Å². The number of hydrogen-bond acceptors (Lipinski definition) is 1. The highest BCUT2D eigenvalue weighted by Crippen LogP contribution is 2.15. The number of nitrogens with one attached hydrogen (secondary N) is 1. The summed E-state index contributed by atoms with van der Waals surface area (Å²) < 4.78 is 0. The molecule has 0 aliphatic rings. The highest BCUT2D eigenvalue weighted by molar-refractivity contribution is 9.09. The fraction of sp³-hybridized carbons (Fsp3) is 0.909. The van der Waals surface area contributed by atoms with E-state index in [2.05, 4.69) is 48.9 Å². The minimum Gasteiger partial charge on any atom is -0.350 e. The molecule has 0 fully saturated rings. The van der Waals surface area contributed by atoms with Gasteiger partial charge in [-0.15, -0.1) is 0 Å². The number of carbonyl (C=O) groups excluding carboxylic acids is 1. The molecule has 0 radical (unpaired) electrons. The molecular weight excluding hydrogens is 242 g/mol. The van der Waals surface area contributed by atoms with Crippen molar-refractivity contribution in [2.75, 3.05) is 5.33 Å². The Labute approximate surface area is 96.0 Å². The molecule has 0 aromatic rings. The average Bonchev–Trinajstić information content (AvgIpc) is 2.19. The molecule has 14 heavy (non-hydrogen) atoms. The first-order valence-electron chi connectivity index (χ1n) is 5.40. The lowest BCUT2D eigenvalue weighted by atomic mass is 9.97. The van der Waals surface area contributed by atoms with Gasteiger partial charge in [0.1, 0.15) is 0 Å². The van der Waals surface area contributed by atoms with Gasteiger partial charge < -0.3 is 5.32 Å². The van der Waals surface area contributed by atoms with Crippen molar-refractivity contribution in [3.63, 3.8) is 0 Å². The monoisotopic (exact) mass is 263 g/mol. The second-order valence-corrected chi connectivity index (χ2v) is 4.61. The summed E-state index contributed by atoms with van der Waals surface area (Å²) in [6.07, 6.45) is 2.79. The second kappa shape index (κ2) is 6.44. The molecule has 0 rings (SSSR count). The van der Waals surface area contributed by atoms with Crippen molar-refractivity contribution >= 4 is 21.8 Å². The van der Waals surface area contributed by atoms with Gasteiger partial charge in [0.25, 0.3) is 0 Å². The van der Waals surface area contributed by atoms with Crippen LogP contribution in [0.15, 0.2) is 0 Å². The van der Waals surface area contributed by atoms with Crippen LogP contribution in [0.4, 0.5) is 0 Å². The third kappa shape index (κ3) is 3.99. The summed E-state index contributed by atoms with van der Waals surface area (Å²) in [5, 5.41) is 3.92. The standard InChI is InChI=1S/C11H22BrNO/c1-5-9(6-2)10(14)13-11(4,7-3)8-12/h9H,5-8H2,1-4H3,(H,13,14). The van der Waals surface area contributed by atoms with Gasteiger partial charge in [-0.2, -0.15) is 0 Å². The molecule has 0 saturated carbocycles. The van der Waals surface area contributed by atoms with Crippen LogP contribution in [0.5, 0.6) is 0 Å². The fourth-order valence-electron chi connectivity index (χ4n) is 1.28. The molecule has 0 heterocycles. The summed E-state index contributed by atoms with van der Waals surface area (Å²) in [5.74, 6) is 0.360. The van der Waals surface area contributed by atoms with E-state index in [1.54, 1.807) is 0 Å². The van der Waals surface area contributed by atoms with Crippen molar-refractivity contribution in [3.05, 3.63) is 0 Å². The normalized spacial score (nSPS) is 15.3. The SMILES string of the molecule is CCC(CC)C(=O)NC(C)(CC)CBr. The lowest BCUT2D eigenvalue weighted by Crippen LogP contribution is -2.49. The van der Waals surface area contributed by atoms with E-state index in [9.17, 15) is 4.79 Å². The predicted molar refractivity (Wildman–Crippen MR) is 64.7 cm³/mol. The molecule has 1 amide bonds. The first-order chi connectivity index (χ1) is 6.52. The van der Waals surface area contributed by atoms with E-state index in [4.69, 9.17) is 0 Å². The van der Waals surface area contributed by atoms with E-state index >= 15 is 0 Å². The lowest BCUT2D eigenvalue weighted by molar-refractivity contribution is -0.126. The summed E-state index contributed by atoms with van der Waals surface area (Å²) >= 11 is 3.44. The van der Waals surface area contributed by atoms with Gasteiger partial charge in [0.05, 0.1) is 0 Å². The van der Waals surface area contributed by atoms with Crippen molar-refractivity contribution < 1.29 is 4.79 Å². The minimum absolute atomic E-state index is 0.0975. The Bertz CT molecular complexity index is 174. The fourth-order valence-corrected chi connectivity index (χ4v) is 1.81. The molecule has 0 aromatic carbocycles. The van der Waals surface area contributed by atoms with Gasteiger partial charge in [-0.3, -0.25) is 4.79 Å². The Morgan fingerprint density at radius 1 is 1.36 bits per heavy atom. The van der Waals surface area contributed by atoms with Gasteiger partial charge in [-0.25, -0.2) is 0 Å². The summed E-state index contributed by atoms with van der Waals surface area (Å²) in [5.41, 5.74) is -0.0975. The molecule has 0 aliphatic carbocycles. The van der Waals surface area contributed by atoms with Crippen molar-refractivity contribution in [1.82, 2.24) is 5.32 Å². The zero-order chi connectivity index (χ0) is 11.2. The van der Waals surface area contributed by atoms with E-state index in [0.717, 1.165) is 24.6 Å². The van der Waals surface area contributed by atoms with Crippen LogP contribution in [-0.4, -0.2) is 16.8 Å². The number of halogens is 1. The Balaban J connectivity index is 4.28. The van der Waals surface area contributed by atoms with Crippen LogP contribution in [-0.2, 0) is 4.79 Å². The van der Waals surface area contributed by atoms with E-state index in [1.165, 1.54) is 0 Å². The topological polar surface area (TPSA) is 29.1 Å². The van der Waals surface area contributed by atoms with Crippen LogP contribution in [0.2, 0.25) is 0 Å². The molecule has 0 saturated heterocycles. The molecule has 1 unspecified atom stereocenters. The summed E-state index contributed by atoms with van der Waals surface area (Å²) in [4.78, 5) is 11.8. The van der Waals surface area contributed by atoms with E-state index in [0.29, 0.717) is 0 Å². The van der Waals surface area contributed by atoms with Crippen LogP contribution in [0.3, 0.4) is 0 Å². The maximum Gasteiger partial charge on any atom is 0.223 e. The molecule has 84 valence electrons. The van der Waals surface area contributed by atoms with Crippen molar-refractivity contribution in [2.45, 2.75) is 52.5 Å². The zero-order valence-electron chi connectivity index (χ0n) is 9.69. The highest BCUT2D eigenvalue weighted by Gasteiger charge is 2.25. The third-order valence-corrected chi connectivity index (χ3v) is 4.09. The molecule has 0 aromatic heterocycles. The lowest BCUT2D eigenvalue weighted by Gasteiger charge is -2.29. The number of carbonyl (C=O) groups is 1. The number of rotatable bonds is 6. The second-order valence-electron chi connectivity index (χ2n) is 4.05. The largest absolute Gasteiger partial charge is 0.350 e. The Morgan fingerprint density at radius 3 is 2.14 bits per heavy atom. The highest BCUT2D eigenvalue weighted by atomic mass is 79.9. The zero-order valence-corrected chi connectivity index (χ0v) is 11.3. The molecule has 3 heteroatoms. The van der Waals surface area contributed by atoms with Gasteiger partial charge in [0.15, 0.2) is 0 Å². The molecule has 1 atom stereocenters. The number of alkyl halides is 1. The molecular formula is C11H22BrNO. The maximum atomic E-state index is 11.8. The summed E-state index contributed by atoms with van der Waals surface area (Å²) in [6, 6.07) is 0. The Hall–Kier alpha value is -0.0500. The predicted octanol–water partition coefficient (Wildman–Crippen LogP) is 3.10. The first kappa shape index (κ1) is 13.9. The van der Waals surface area contributed by atoms with E-state index < -0.39 is 0 Å². The van der Waals surface area contributed by atoms with Crippen LogP contribution < -0.4 is 5.32 Å². The molecule has 0 aliphatic heterocycles. The van der Waals surface area contributed by atoms with Gasteiger partial charge in [-0.1, -0.05) is 36.7 Å². The summed E-state index contributed by atoms with van der Waals surface area (Å²) in [7, 11) is 0. The van der Waals surface area contributed by atoms with Gasteiger partial charge in [0, 0.05) is 16.8 Å². The Kier molecular flexibility index (Phi) is 6.41. The van der Waals surface area contributed by atoms with Gasteiger partial charge in [0.2, 0.25) is 5.91 Å². The first-order valence-corrected chi connectivity index (χ1v) is 6.53. The van der Waals surface area contributed by atoms with Crippen LogP contribution in [0.1, 0.15) is 47.0 Å². The summed E-state index contributed by atoms with van der Waals surface area (Å²) in [6.45, 7) is 8.28. The van der Waals surface area contributed by atoms with Crippen molar-refractivity contribution in [1.29, 1.82) is 0 Å². The van der Waals surface area contributed by atoms with Gasteiger partial charge >= 0.3 is 0 Å². The molecule has 0 bridgehead atoms. The number of amides is 1. The molecule has 2 nitrogen and oxygen atoms in total. The molecule has 1 N–H and O–H groups in total. The number of hydrogen-bond donors (Lipinski definition) is 1. The smallest absolute Gasteiger partial charge is 0.223 e. The molecule has 0 spiro atoms. The van der Waals surface area contributed by atoms with Crippen LogP contribution in [0, 0.1) is 5.92 Å².